The third kappa shape index (κ3) is 4.07. The van der Waals surface area contributed by atoms with Crippen molar-refractivity contribution in [2.24, 2.45) is 5.73 Å². The van der Waals surface area contributed by atoms with Gasteiger partial charge in [-0.05, 0) is 18.2 Å². The summed E-state index contributed by atoms with van der Waals surface area (Å²) in [5, 5.41) is 2.41. The molecule has 106 valence electrons. The van der Waals surface area contributed by atoms with Crippen LogP contribution in [0.25, 0.3) is 0 Å². The first-order chi connectivity index (χ1) is 9.49. The molecule has 0 atom stereocenters. The van der Waals surface area contributed by atoms with Gasteiger partial charge in [-0.15, -0.1) is 0 Å². The number of amides is 2. The van der Waals surface area contributed by atoms with Crippen molar-refractivity contribution < 1.29 is 14.0 Å². The van der Waals surface area contributed by atoms with Gasteiger partial charge in [-0.3, -0.25) is 9.59 Å². The lowest BCUT2D eigenvalue weighted by Crippen LogP contribution is -2.36. The average molecular weight is 277 g/mol. The van der Waals surface area contributed by atoms with Crippen LogP contribution >= 0.6 is 0 Å². The van der Waals surface area contributed by atoms with Crippen molar-refractivity contribution in [1.29, 1.82) is 0 Å². The molecule has 1 aromatic carbocycles. The summed E-state index contributed by atoms with van der Waals surface area (Å²) in [6, 6.07) is 3.98. The fraction of sp³-hybridized carbons (Fsp3) is 0.286. The predicted molar refractivity (Wildman–Crippen MR) is 73.4 cm³/mol. The fourth-order valence-electron chi connectivity index (χ4n) is 1.48. The van der Waals surface area contributed by atoms with Crippen LogP contribution in [0.1, 0.15) is 15.9 Å². The second kappa shape index (κ2) is 7.26. The van der Waals surface area contributed by atoms with Crippen LogP contribution in [0.3, 0.4) is 0 Å². The van der Waals surface area contributed by atoms with Crippen molar-refractivity contribution in [3.05, 3.63) is 35.1 Å². The van der Waals surface area contributed by atoms with E-state index in [1.54, 1.807) is 0 Å². The molecule has 6 heteroatoms. The van der Waals surface area contributed by atoms with E-state index in [4.69, 9.17) is 5.73 Å². The normalized spacial score (nSPS) is 9.40. The maximum Gasteiger partial charge on any atom is 0.254 e. The van der Waals surface area contributed by atoms with Gasteiger partial charge in [-0.25, -0.2) is 4.39 Å². The van der Waals surface area contributed by atoms with E-state index in [1.165, 1.54) is 31.1 Å². The minimum absolute atomic E-state index is 0.0916. The smallest absolute Gasteiger partial charge is 0.254 e. The lowest BCUT2D eigenvalue weighted by atomic mass is 10.1. The van der Waals surface area contributed by atoms with Crippen LogP contribution in [0.5, 0.6) is 0 Å². The number of hydrogen-bond donors (Lipinski definition) is 2. The molecule has 0 unspecified atom stereocenters. The highest BCUT2D eigenvalue weighted by Crippen LogP contribution is 2.11. The van der Waals surface area contributed by atoms with E-state index in [-0.39, 0.29) is 30.1 Å². The summed E-state index contributed by atoms with van der Waals surface area (Å²) >= 11 is 0. The number of rotatable bonds is 3. The zero-order valence-corrected chi connectivity index (χ0v) is 11.4. The first kappa shape index (κ1) is 15.7. The molecule has 2 amide bonds. The molecule has 1 rings (SSSR count). The predicted octanol–water partition coefficient (Wildman–Crippen LogP) is -0.0461. The van der Waals surface area contributed by atoms with Crippen LogP contribution < -0.4 is 11.1 Å². The van der Waals surface area contributed by atoms with E-state index < -0.39 is 11.7 Å². The molecular formula is C14H16FN3O2. The van der Waals surface area contributed by atoms with E-state index in [9.17, 15) is 14.0 Å². The standard InChI is InChI=1S/C14H16FN3O2/c1-17-13(19)9-18(2)14(20)11-6-5-10(4-3-7-16)12(15)8-11/h5-6,8H,7,9,16H2,1-2H3,(H,17,19). The number of carbonyl (C=O) groups excluding carboxylic acids is 2. The Bertz CT molecular complexity index is 576. The molecule has 0 spiro atoms. The Balaban J connectivity index is 2.89. The SMILES string of the molecule is CNC(=O)CN(C)C(=O)c1ccc(C#CCN)c(F)c1. The molecule has 0 saturated carbocycles. The molecule has 0 heterocycles. The average Bonchev–Trinajstić information content (AvgIpc) is 2.44. The van der Waals surface area contributed by atoms with Crippen molar-refractivity contribution in [3.8, 4) is 11.8 Å². The molecule has 0 fully saturated rings. The second-order valence-corrected chi connectivity index (χ2v) is 4.03. The molecule has 3 N–H and O–H groups in total. The maximum atomic E-state index is 13.7. The van der Waals surface area contributed by atoms with Crippen molar-refractivity contribution >= 4 is 11.8 Å². The van der Waals surface area contributed by atoms with Gasteiger partial charge in [0.15, 0.2) is 0 Å². The lowest BCUT2D eigenvalue weighted by Gasteiger charge is -2.16. The van der Waals surface area contributed by atoms with Crippen molar-refractivity contribution in [2.45, 2.75) is 0 Å². The van der Waals surface area contributed by atoms with Gasteiger partial charge in [0.2, 0.25) is 5.91 Å². The summed E-state index contributed by atoms with van der Waals surface area (Å²) in [5.74, 6) is 3.78. The molecule has 5 nitrogen and oxygen atoms in total. The highest BCUT2D eigenvalue weighted by atomic mass is 19.1. The summed E-state index contributed by atoms with van der Waals surface area (Å²) < 4.78 is 13.7. The Morgan fingerprint density at radius 2 is 2.15 bits per heavy atom. The summed E-state index contributed by atoms with van der Waals surface area (Å²) in [6.45, 7) is 0.0423. The molecule has 0 aliphatic rings. The topological polar surface area (TPSA) is 75.4 Å². The Morgan fingerprint density at radius 3 is 2.70 bits per heavy atom. The third-order valence-corrected chi connectivity index (χ3v) is 2.55. The molecule has 0 aliphatic carbocycles. The quantitative estimate of drug-likeness (QED) is 0.761. The van der Waals surface area contributed by atoms with Crippen LogP contribution in [-0.4, -0.2) is 43.9 Å². The molecule has 0 bridgehead atoms. The highest BCUT2D eigenvalue weighted by molar-refractivity contribution is 5.96. The highest BCUT2D eigenvalue weighted by Gasteiger charge is 2.15. The first-order valence-electron chi connectivity index (χ1n) is 5.94. The van der Waals surface area contributed by atoms with Gasteiger partial charge < -0.3 is 16.0 Å². The van der Waals surface area contributed by atoms with Crippen LogP contribution in [0.15, 0.2) is 18.2 Å². The van der Waals surface area contributed by atoms with E-state index in [0.29, 0.717) is 0 Å². The summed E-state index contributed by atoms with van der Waals surface area (Å²) in [6.07, 6.45) is 0. The molecule has 0 aromatic heterocycles. The van der Waals surface area contributed by atoms with Crippen molar-refractivity contribution in [1.82, 2.24) is 10.2 Å². The Kier molecular flexibility index (Phi) is 5.69. The van der Waals surface area contributed by atoms with Crippen LogP contribution in [0.4, 0.5) is 4.39 Å². The van der Waals surface area contributed by atoms with Gasteiger partial charge in [0.25, 0.3) is 5.91 Å². The number of nitrogens with two attached hydrogens (primary N) is 1. The summed E-state index contributed by atoms with van der Waals surface area (Å²) in [4.78, 5) is 24.4. The molecule has 0 radical (unpaired) electrons. The summed E-state index contributed by atoms with van der Waals surface area (Å²) in [5.41, 5.74) is 5.55. The molecule has 1 aromatic rings. The van der Waals surface area contributed by atoms with Gasteiger partial charge in [0.1, 0.15) is 5.82 Å². The van der Waals surface area contributed by atoms with Gasteiger partial charge >= 0.3 is 0 Å². The Morgan fingerprint density at radius 1 is 1.45 bits per heavy atom. The monoisotopic (exact) mass is 277 g/mol. The van der Waals surface area contributed by atoms with E-state index in [0.717, 1.165) is 6.07 Å². The van der Waals surface area contributed by atoms with Crippen LogP contribution in [0, 0.1) is 17.7 Å². The minimum atomic E-state index is -0.592. The number of carbonyl (C=O) groups is 2. The second-order valence-electron chi connectivity index (χ2n) is 4.03. The molecule has 0 saturated heterocycles. The number of likely N-dealkylation sites (N-methyl/N-ethyl adjacent to an activating group) is 2. The third-order valence-electron chi connectivity index (χ3n) is 2.55. The number of benzene rings is 1. The number of nitrogens with zero attached hydrogens (tertiary/aromatic N) is 1. The van der Waals surface area contributed by atoms with Gasteiger partial charge in [-0.1, -0.05) is 11.8 Å². The van der Waals surface area contributed by atoms with Gasteiger partial charge in [-0.2, -0.15) is 0 Å². The van der Waals surface area contributed by atoms with Crippen LogP contribution in [-0.2, 0) is 4.79 Å². The largest absolute Gasteiger partial charge is 0.358 e. The van der Waals surface area contributed by atoms with E-state index >= 15 is 0 Å². The number of halogens is 1. The fourth-order valence-corrected chi connectivity index (χ4v) is 1.48. The molecule has 20 heavy (non-hydrogen) atoms. The zero-order chi connectivity index (χ0) is 15.1. The lowest BCUT2D eigenvalue weighted by molar-refractivity contribution is -0.121. The summed E-state index contributed by atoms with van der Waals surface area (Å²) in [7, 11) is 2.95. The first-order valence-corrected chi connectivity index (χ1v) is 5.94. The van der Waals surface area contributed by atoms with Gasteiger partial charge in [0, 0.05) is 19.7 Å². The van der Waals surface area contributed by atoms with Crippen molar-refractivity contribution in [3.63, 3.8) is 0 Å². The number of hydrogen-bond acceptors (Lipinski definition) is 3. The number of nitrogens with one attached hydrogen (secondary N) is 1. The molecule has 0 aliphatic heterocycles. The molecular weight excluding hydrogens is 261 g/mol. The van der Waals surface area contributed by atoms with Crippen molar-refractivity contribution in [2.75, 3.05) is 27.2 Å². The van der Waals surface area contributed by atoms with Gasteiger partial charge in [0.05, 0.1) is 18.7 Å². The van der Waals surface area contributed by atoms with E-state index in [2.05, 4.69) is 17.2 Å². The Labute approximate surface area is 116 Å². The van der Waals surface area contributed by atoms with Crippen LogP contribution in [0.2, 0.25) is 0 Å². The minimum Gasteiger partial charge on any atom is -0.358 e. The van der Waals surface area contributed by atoms with E-state index in [1.807, 2.05) is 0 Å². The Hall–Kier alpha value is -2.39. The maximum absolute atomic E-state index is 13.7. The zero-order valence-electron chi connectivity index (χ0n) is 11.4.